The zero-order valence-electron chi connectivity index (χ0n) is 10.8. The quantitative estimate of drug-likeness (QED) is 0.647. The summed E-state index contributed by atoms with van der Waals surface area (Å²) in [6.07, 6.45) is 5.16. The van der Waals surface area contributed by atoms with Crippen molar-refractivity contribution in [3.63, 3.8) is 0 Å². The smallest absolute Gasteiger partial charge is 0.303 e. The number of ether oxygens (including phenoxy) is 1. The van der Waals surface area contributed by atoms with Crippen LogP contribution in [-0.2, 0) is 14.3 Å². The molecular weight excluding hydrogens is 234 g/mol. The van der Waals surface area contributed by atoms with Crippen LogP contribution in [0.25, 0.3) is 0 Å². The number of nitrogens with one attached hydrogen (secondary N) is 1. The van der Waals surface area contributed by atoms with Crippen molar-refractivity contribution in [2.24, 2.45) is 5.92 Å². The van der Waals surface area contributed by atoms with E-state index in [1.807, 2.05) is 0 Å². The Bertz CT molecular complexity index is 262. The molecular formula is C13H23NO4. The molecule has 2 N–H and O–H groups in total. The third-order valence-corrected chi connectivity index (χ3v) is 3.26. The largest absolute Gasteiger partial charge is 0.481 e. The fourth-order valence-electron chi connectivity index (χ4n) is 2.09. The maximum absolute atomic E-state index is 11.5. The van der Waals surface area contributed by atoms with E-state index in [2.05, 4.69) is 5.32 Å². The topological polar surface area (TPSA) is 75.6 Å². The second-order valence-corrected chi connectivity index (χ2v) is 4.80. The first-order chi connectivity index (χ1) is 8.68. The molecule has 1 heterocycles. The van der Waals surface area contributed by atoms with E-state index in [9.17, 15) is 9.59 Å². The van der Waals surface area contributed by atoms with E-state index >= 15 is 0 Å². The summed E-state index contributed by atoms with van der Waals surface area (Å²) in [6, 6.07) is 0. The second-order valence-electron chi connectivity index (χ2n) is 4.80. The molecule has 0 saturated carbocycles. The molecule has 0 radical (unpaired) electrons. The van der Waals surface area contributed by atoms with Gasteiger partial charge in [-0.15, -0.1) is 0 Å². The number of hydrogen-bond donors (Lipinski definition) is 2. The standard InChI is InChI=1S/C13H23NO4/c15-12(14-8-2-1-3-13(16)17)5-4-11-6-9-18-10-7-11/h11H,1-10H2,(H,14,15)(H,16,17). The summed E-state index contributed by atoms with van der Waals surface area (Å²) in [5.41, 5.74) is 0. The Hall–Kier alpha value is -1.10. The lowest BCUT2D eigenvalue weighted by atomic mass is 9.95. The fraction of sp³-hybridized carbons (Fsp3) is 0.846. The van der Waals surface area contributed by atoms with Crippen molar-refractivity contribution in [2.45, 2.75) is 44.9 Å². The van der Waals surface area contributed by atoms with Crippen LogP contribution in [-0.4, -0.2) is 36.7 Å². The highest BCUT2D eigenvalue weighted by Gasteiger charge is 2.14. The Morgan fingerprint density at radius 3 is 2.56 bits per heavy atom. The Labute approximate surface area is 108 Å². The number of carbonyl (C=O) groups is 2. The van der Waals surface area contributed by atoms with Crippen LogP contribution in [0.1, 0.15) is 44.9 Å². The van der Waals surface area contributed by atoms with Crippen molar-refractivity contribution < 1.29 is 19.4 Å². The molecule has 1 aliphatic rings. The SMILES string of the molecule is O=C(O)CCCCNC(=O)CCC1CCOCC1. The van der Waals surface area contributed by atoms with Crippen molar-refractivity contribution in [1.82, 2.24) is 5.32 Å². The maximum atomic E-state index is 11.5. The summed E-state index contributed by atoms with van der Waals surface area (Å²) in [7, 11) is 0. The Morgan fingerprint density at radius 1 is 1.17 bits per heavy atom. The number of unbranched alkanes of at least 4 members (excludes halogenated alkanes) is 1. The number of rotatable bonds is 8. The van der Waals surface area contributed by atoms with Crippen molar-refractivity contribution >= 4 is 11.9 Å². The molecule has 18 heavy (non-hydrogen) atoms. The van der Waals surface area contributed by atoms with Crippen LogP contribution in [0.15, 0.2) is 0 Å². The summed E-state index contributed by atoms with van der Waals surface area (Å²) in [5.74, 6) is -0.0748. The average molecular weight is 257 g/mol. The second kappa shape index (κ2) is 8.91. The van der Waals surface area contributed by atoms with Crippen molar-refractivity contribution in [2.75, 3.05) is 19.8 Å². The highest BCUT2D eigenvalue weighted by molar-refractivity contribution is 5.75. The van der Waals surface area contributed by atoms with Crippen LogP contribution >= 0.6 is 0 Å². The number of amides is 1. The summed E-state index contributed by atoms with van der Waals surface area (Å²) in [6.45, 7) is 2.23. The van der Waals surface area contributed by atoms with Gasteiger partial charge >= 0.3 is 5.97 Å². The predicted octanol–water partition coefficient (Wildman–Crippen LogP) is 1.56. The van der Waals surface area contributed by atoms with Crippen molar-refractivity contribution in [1.29, 1.82) is 0 Å². The van der Waals surface area contributed by atoms with Gasteiger partial charge in [-0.05, 0) is 38.0 Å². The molecule has 1 rings (SSSR count). The molecule has 104 valence electrons. The molecule has 1 aliphatic heterocycles. The van der Waals surface area contributed by atoms with Crippen LogP contribution in [0.5, 0.6) is 0 Å². The van der Waals surface area contributed by atoms with Crippen LogP contribution in [0.4, 0.5) is 0 Å². The third kappa shape index (κ3) is 7.27. The van der Waals surface area contributed by atoms with Gasteiger partial charge in [-0.25, -0.2) is 0 Å². The Morgan fingerprint density at radius 2 is 1.89 bits per heavy atom. The van der Waals surface area contributed by atoms with E-state index in [-0.39, 0.29) is 12.3 Å². The first-order valence-electron chi connectivity index (χ1n) is 6.74. The van der Waals surface area contributed by atoms with Crippen LogP contribution in [0.2, 0.25) is 0 Å². The molecule has 0 aromatic heterocycles. The Kier molecular flexibility index (Phi) is 7.41. The highest BCUT2D eigenvalue weighted by Crippen LogP contribution is 2.19. The van der Waals surface area contributed by atoms with Crippen molar-refractivity contribution in [3.05, 3.63) is 0 Å². The average Bonchev–Trinajstić information content (AvgIpc) is 2.37. The van der Waals surface area contributed by atoms with Gasteiger partial charge in [0.1, 0.15) is 0 Å². The molecule has 0 aliphatic carbocycles. The van der Waals surface area contributed by atoms with Gasteiger partial charge in [-0.2, -0.15) is 0 Å². The number of aliphatic carboxylic acids is 1. The first kappa shape index (κ1) is 15.0. The predicted molar refractivity (Wildman–Crippen MR) is 67.3 cm³/mol. The molecule has 1 fully saturated rings. The molecule has 5 nitrogen and oxygen atoms in total. The minimum absolute atomic E-state index is 0.0804. The van der Waals surface area contributed by atoms with E-state index in [0.29, 0.717) is 25.3 Å². The summed E-state index contributed by atoms with van der Waals surface area (Å²) in [5, 5.41) is 11.3. The molecule has 0 aromatic rings. The lowest BCUT2D eigenvalue weighted by Gasteiger charge is -2.21. The summed E-state index contributed by atoms with van der Waals surface area (Å²) < 4.78 is 5.27. The molecule has 0 aromatic carbocycles. The molecule has 0 bridgehead atoms. The lowest BCUT2D eigenvalue weighted by molar-refractivity contribution is -0.137. The number of carboxylic acids is 1. The number of hydrogen-bond acceptors (Lipinski definition) is 3. The van der Waals surface area contributed by atoms with Gasteiger partial charge < -0.3 is 15.2 Å². The van der Waals surface area contributed by atoms with Gasteiger partial charge in [0.05, 0.1) is 0 Å². The van der Waals surface area contributed by atoms with Gasteiger partial charge in [0, 0.05) is 32.6 Å². The number of carboxylic acid groups (broad SMARTS) is 1. The molecule has 0 atom stereocenters. The van der Waals surface area contributed by atoms with Crippen LogP contribution < -0.4 is 5.32 Å². The maximum Gasteiger partial charge on any atom is 0.303 e. The summed E-state index contributed by atoms with van der Waals surface area (Å²) in [4.78, 5) is 21.8. The van der Waals surface area contributed by atoms with Gasteiger partial charge in [0.15, 0.2) is 0 Å². The zero-order chi connectivity index (χ0) is 13.2. The Balaban J connectivity index is 1.94. The molecule has 5 heteroatoms. The van der Waals surface area contributed by atoms with Gasteiger partial charge in [-0.3, -0.25) is 9.59 Å². The van der Waals surface area contributed by atoms with E-state index < -0.39 is 5.97 Å². The van der Waals surface area contributed by atoms with E-state index in [4.69, 9.17) is 9.84 Å². The lowest BCUT2D eigenvalue weighted by Crippen LogP contribution is -2.25. The minimum Gasteiger partial charge on any atom is -0.481 e. The van der Waals surface area contributed by atoms with Gasteiger partial charge in [0.2, 0.25) is 5.91 Å². The van der Waals surface area contributed by atoms with Gasteiger partial charge in [0.25, 0.3) is 0 Å². The molecule has 0 spiro atoms. The minimum atomic E-state index is -0.777. The number of carbonyl (C=O) groups excluding carboxylic acids is 1. The monoisotopic (exact) mass is 257 g/mol. The van der Waals surface area contributed by atoms with E-state index in [1.165, 1.54) is 0 Å². The fourth-order valence-corrected chi connectivity index (χ4v) is 2.09. The highest BCUT2D eigenvalue weighted by atomic mass is 16.5. The third-order valence-electron chi connectivity index (χ3n) is 3.26. The van der Waals surface area contributed by atoms with Crippen LogP contribution in [0, 0.1) is 5.92 Å². The van der Waals surface area contributed by atoms with Gasteiger partial charge in [-0.1, -0.05) is 0 Å². The van der Waals surface area contributed by atoms with E-state index in [0.717, 1.165) is 38.9 Å². The first-order valence-corrected chi connectivity index (χ1v) is 6.74. The van der Waals surface area contributed by atoms with Crippen LogP contribution in [0.3, 0.4) is 0 Å². The van der Waals surface area contributed by atoms with Crippen molar-refractivity contribution in [3.8, 4) is 0 Å². The molecule has 0 unspecified atom stereocenters. The zero-order valence-corrected chi connectivity index (χ0v) is 10.8. The molecule has 1 amide bonds. The summed E-state index contributed by atoms with van der Waals surface area (Å²) >= 11 is 0. The van der Waals surface area contributed by atoms with E-state index in [1.54, 1.807) is 0 Å². The molecule has 1 saturated heterocycles. The normalized spacial score (nSPS) is 16.4.